The Morgan fingerprint density at radius 3 is 2.12 bits per heavy atom. The summed E-state index contributed by atoms with van der Waals surface area (Å²) in [6.07, 6.45) is -5.10. The van der Waals surface area contributed by atoms with Crippen molar-refractivity contribution in [2.45, 2.75) is 17.7 Å². The third-order valence-corrected chi connectivity index (χ3v) is 4.23. The molecule has 0 saturated carbocycles. The van der Waals surface area contributed by atoms with Crippen LogP contribution >= 0.6 is 0 Å². The molecule has 0 radical (unpaired) electrons. The molecule has 0 aliphatic rings. The number of benzene rings is 2. The molecule has 26 heavy (non-hydrogen) atoms. The smallest absolute Gasteiger partial charge is 0.406 e. The van der Waals surface area contributed by atoms with E-state index in [4.69, 9.17) is 0 Å². The van der Waals surface area contributed by atoms with Gasteiger partial charge >= 0.3 is 6.36 Å². The third kappa shape index (κ3) is 6.01. The number of amides is 1. The van der Waals surface area contributed by atoms with Gasteiger partial charge in [-0.2, -0.15) is 0 Å². The van der Waals surface area contributed by atoms with Crippen LogP contribution in [0.15, 0.2) is 53.4 Å². The number of hydrogen-bond donors (Lipinski definition) is 2. The molecular formula is C15H12F4N2O4S. The highest BCUT2D eigenvalue weighted by atomic mass is 32.2. The number of hydrazine groups is 1. The molecule has 0 spiro atoms. The molecule has 2 aromatic rings. The van der Waals surface area contributed by atoms with Crippen LogP contribution in [0, 0.1) is 5.82 Å². The van der Waals surface area contributed by atoms with Crippen LogP contribution in [-0.4, -0.2) is 20.7 Å². The van der Waals surface area contributed by atoms with E-state index in [0.717, 1.165) is 36.4 Å². The highest BCUT2D eigenvalue weighted by Crippen LogP contribution is 2.23. The number of ether oxygens (including phenoxy) is 1. The standard InChI is InChI=1S/C15H12F4N2O4S/c16-11-3-1-10(2-4-11)9-14(22)20-21-26(23,24)13-7-5-12(6-8-13)25-15(17,18)19/h1-8,21H,9H2,(H,20,22). The Balaban J connectivity index is 1.95. The van der Waals surface area contributed by atoms with Crippen LogP contribution in [0.4, 0.5) is 17.6 Å². The maximum Gasteiger partial charge on any atom is 0.573 e. The minimum absolute atomic E-state index is 0.207. The lowest BCUT2D eigenvalue weighted by Crippen LogP contribution is -2.42. The molecule has 0 aliphatic heterocycles. The second-order valence-electron chi connectivity index (χ2n) is 4.98. The van der Waals surface area contributed by atoms with E-state index in [1.807, 2.05) is 10.3 Å². The molecule has 140 valence electrons. The van der Waals surface area contributed by atoms with Crippen LogP contribution in [0.1, 0.15) is 5.56 Å². The van der Waals surface area contributed by atoms with Gasteiger partial charge in [0.05, 0.1) is 11.3 Å². The zero-order valence-electron chi connectivity index (χ0n) is 12.9. The first-order valence-corrected chi connectivity index (χ1v) is 8.44. The zero-order chi connectivity index (χ0) is 19.4. The van der Waals surface area contributed by atoms with Gasteiger partial charge in [-0.25, -0.2) is 12.8 Å². The molecule has 6 nitrogen and oxygen atoms in total. The summed E-state index contributed by atoms with van der Waals surface area (Å²) >= 11 is 0. The molecule has 0 heterocycles. The van der Waals surface area contributed by atoms with E-state index in [1.165, 1.54) is 12.1 Å². The molecule has 11 heteroatoms. The summed E-state index contributed by atoms with van der Waals surface area (Å²) in [4.78, 5) is 13.1. The fourth-order valence-electron chi connectivity index (χ4n) is 1.84. The monoisotopic (exact) mass is 392 g/mol. The van der Waals surface area contributed by atoms with E-state index >= 15 is 0 Å². The normalized spacial score (nSPS) is 11.8. The molecule has 0 bridgehead atoms. The molecule has 2 N–H and O–H groups in total. The summed E-state index contributed by atoms with van der Waals surface area (Å²) in [5.74, 6) is -1.78. The van der Waals surface area contributed by atoms with Crippen LogP contribution < -0.4 is 15.0 Å². The fourth-order valence-corrected chi connectivity index (χ4v) is 2.70. The predicted octanol–water partition coefficient (Wildman–Crippen LogP) is 2.28. The van der Waals surface area contributed by atoms with Crippen molar-refractivity contribution in [3.63, 3.8) is 0 Å². The van der Waals surface area contributed by atoms with Gasteiger partial charge < -0.3 is 4.74 Å². The van der Waals surface area contributed by atoms with Crippen molar-refractivity contribution >= 4 is 15.9 Å². The van der Waals surface area contributed by atoms with Crippen LogP contribution in [0.3, 0.4) is 0 Å². The molecule has 0 aromatic heterocycles. The number of nitrogens with one attached hydrogen (secondary N) is 2. The van der Waals surface area contributed by atoms with Gasteiger partial charge in [-0.3, -0.25) is 10.2 Å². The first-order chi connectivity index (χ1) is 12.0. The Bertz CT molecular complexity index is 866. The van der Waals surface area contributed by atoms with Crippen LogP contribution in [0.2, 0.25) is 0 Å². The lowest BCUT2D eigenvalue weighted by atomic mass is 10.1. The molecule has 0 aliphatic carbocycles. The van der Waals surface area contributed by atoms with E-state index in [2.05, 4.69) is 4.74 Å². The summed E-state index contributed by atoms with van der Waals surface area (Å²) in [7, 11) is -4.19. The van der Waals surface area contributed by atoms with Crippen LogP contribution in [-0.2, 0) is 21.2 Å². The topological polar surface area (TPSA) is 84.5 Å². The molecule has 0 unspecified atom stereocenters. The van der Waals surface area contributed by atoms with E-state index in [-0.39, 0.29) is 11.3 Å². The minimum atomic E-state index is -4.90. The van der Waals surface area contributed by atoms with Gasteiger partial charge in [-0.1, -0.05) is 12.1 Å². The van der Waals surface area contributed by atoms with Crippen LogP contribution in [0.25, 0.3) is 0 Å². The van der Waals surface area contributed by atoms with Gasteiger partial charge in [-0.05, 0) is 42.0 Å². The van der Waals surface area contributed by atoms with Gasteiger partial charge in [0.25, 0.3) is 10.0 Å². The van der Waals surface area contributed by atoms with Gasteiger partial charge in [-0.15, -0.1) is 18.0 Å². The summed E-state index contributed by atoms with van der Waals surface area (Å²) < 4.78 is 76.6. The first-order valence-electron chi connectivity index (χ1n) is 6.96. The molecular weight excluding hydrogens is 380 g/mol. The Labute approximate surface area is 145 Å². The molecule has 0 fully saturated rings. The minimum Gasteiger partial charge on any atom is -0.406 e. The maximum absolute atomic E-state index is 12.8. The molecule has 2 aromatic carbocycles. The Morgan fingerprint density at radius 1 is 1.00 bits per heavy atom. The average Bonchev–Trinajstić information content (AvgIpc) is 2.54. The van der Waals surface area contributed by atoms with E-state index in [0.29, 0.717) is 5.56 Å². The Morgan fingerprint density at radius 2 is 1.58 bits per heavy atom. The number of alkyl halides is 3. The van der Waals surface area contributed by atoms with Crippen molar-refractivity contribution in [2.75, 3.05) is 0 Å². The van der Waals surface area contributed by atoms with Gasteiger partial charge in [0.2, 0.25) is 5.91 Å². The summed E-state index contributed by atoms with van der Waals surface area (Å²) in [6.45, 7) is 0. The molecule has 0 saturated heterocycles. The molecule has 1 amide bonds. The number of carbonyl (C=O) groups is 1. The number of rotatable bonds is 6. The lowest BCUT2D eigenvalue weighted by molar-refractivity contribution is -0.274. The zero-order valence-corrected chi connectivity index (χ0v) is 13.7. The molecule has 0 atom stereocenters. The van der Waals surface area contributed by atoms with E-state index < -0.39 is 33.9 Å². The second kappa shape index (κ2) is 7.70. The molecule has 2 rings (SSSR count). The SMILES string of the molecule is O=C(Cc1ccc(F)cc1)NNS(=O)(=O)c1ccc(OC(F)(F)F)cc1. The largest absolute Gasteiger partial charge is 0.573 e. The van der Waals surface area contributed by atoms with Crippen molar-refractivity contribution in [3.05, 3.63) is 59.9 Å². The van der Waals surface area contributed by atoms with Crippen molar-refractivity contribution in [3.8, 4) is 5.75 Å². The van der Waals surface area contributed by atoms with Gasteiger partial charge in [0.1, 0.15) is 11.6 Å². The quantitative estimate of drug-likeness (QED) is 0.584. The highest BCUT2D eigenvalue weighted by molar-refractivity contribution is 7.89. The number of sulfonamides is 1. The van der Waals surface area contributed by atoms with Crippen LogP contribution in [0.5, 0.6) is 5.75 Å². The van der Waals surface area contributed by atoms with E-state index in [9.17, 15) is 30.8 Å². The van der Waals surface area contributed by atoms with Crippen molar-refractivity contribution in [1.29, 1.82) is 0 Å². The summed E-state index contributed by atoms with van der Waals surface area (Å²) in [5.41, 5.74) is 2.41. The lowest BCUT2D eigenvalue weighted by Gasteiger charge is -2.11. The predicted molar refractivity (Wildman–Crippen MR) is 81.7 cm³/mol. The number of carbonyl (C=O) groups excluding carboxylic acids is 1. The average molecular weight is 392 g/mol. The fraction of sp³-hybridized carbons (Fsp3) is 0.133. The van der Waals surface area contributed by atoms with Crippen molar-refractivity contribution < 1.29 is 35.5 Å². The van der Waals surface area contributed by atoms with Crippen molar-refractivity contribution in [1.82, 2.24) is 10.3 Å². The Hall–Kier alpha value is -2.66. The Kier molecular flexibility index (Phi) is 5.83. The van der Waals surface area contributed by atoms with Crippen molar-refractivity contribution in [2.24, 2.45) is 0 Å². The summed E-state index contributed by atoms with van der Waals surface area (Å²) in [5, 5.41) is 0. The van der Waals surface area contributed by atoms with Gasteiger partial charge in [0, 0.05) is 0 Å². The summed E-state index contributed by atoms with van der Waals surface area (Å²) in [6, 6.07) is 8.44. The number of halogens is 4. The third-order valence-electron chi connectivity index (χ3n) is 2.97. The maximum atomic E-state index is 12.8. The second-order valence-corrected chi connectivity index (χ2v) is 6.66. The number of hydrogen-bond acceptors (Lipinski definition) is 4. The first kappa shape index (κ1) is 19.7. The van der Waals surface area contributed by atoms with Gasteiger partial charge in [0.15, 0.2) is 0 Å². The van der Waals surface area contributed by atoms with E-state index in [1.54, 1.807) is 0 Å². The highest BCUT2D eigenvalue weighted by Gasteiger charge is 2.31.